The zero-order chi connectivity index (χ0) is 15.4. The minimum Gasteiger partial charge on any atom is -0.388 e. The van der Waals surface area contributed by atoms with E-state index in [1.807, 2.05) is 35.5 Å². The number of aliphatic hydroxyl groups is 1. The smallest absolute Gasteiger partial charge is 0.0845 e. The number of aliphatic hydroxyl groups excluding tert-OH is 1. The highest BCUT2D eigenvalue weighted by Crippen LogP contribution is 2.27. The number of rotatable bonds is 6. The van der Waals surface area contributed by atoms with E-state index in [9.17, 15) is 5.11 Å². The van der Waals surface area contributed by atoms with E-state index in [0.717, 1.165) is 33.7 Å². The van der Waals surface area contributed by atoms with Crippen molar-refractivity contribution in [1.82, 2.24) is 9.78 Å². The number of hydrogen-bond acceptors (Lipinski definition) is 3. The molecular weight excluding hydrogens is 348 g/mol. The minimum absolute atomic E-state index is 0.511. The van der Waals surface area contributed by atoms with Gasteiger partial charge in [0.2, 0.25) is 0 Å². The summed E-state index contributed by atoms with van der Waals surface area (Å²) < 4.78 is 2.95. The molecule has 114 valence electrons. The number of hydrogen-bond donors (Lipinski definition) is 1. The number of halogens is 1. The van der Waals surface area contributed by atoms with Gasteiger partial charge in [-0.3, -0.25) is 4.68 Å². The van der Waals surface area contributed by atoms with Crippen molar-refractivity contribution in [3.05, 3.63) is 45.7 Å². The molecule has 0 spiro atoms. The Hall–Kier alpha value is -0.780. The summed E-state index contributed by atoms with van der Waals surface area (Å²) in [5, 5.41) is 14.9. The highest BCUT2D eigenvalue weighted by Gasteiger charge is 2.17. The fraction of sp³-hybridized carbons (Fsp3) is 0.438. The molecule has 1 aromatic carbocycles. The Balaban J connectivity index is 2.15. The van der Waals surface area contributed by atoms with Gasteiger partial charge >= 0.3 is 0 Å². The van der Waals surface area contributed by atoms with Crippen molar-refractivity contribution in [2.75, 3.05) is 5.75 Å². The molecule has 0 aliphatic rings. The van der Waals surface area contributed by atoms with Gasteiger partial charge in [0.15, 0.2) is 0 Å². The van der Waals surface area contributed by atoms with Gasteiger partial charge in [0.1, 0.15) is 0 Å². The zero-order valence-corrected chi connectivity index (χ0v) is 15.0. The maximum atomic E-state index is 10.5. The Kier molecular flexibility index (Phi) is 5.90. The van der Waals surface area contributed by atoms with Crippen LogP contribution < -0.4 is 0 Å². The van der Waals surface area contributed by atoms with Crippen molar-refractivity contribution in [1.29, 1.82) is 0 Å². The third-order valence-corrected chi connectivity index (χ3v) is 5.34. The van der Waals surface area contributed by atoms with Gasteiger partial charge in [0.05, 0.1) is 22.0 Å². The number of benzene rings is 1. The number of aromatic nitrogens is 2. The van der Waals surface area contributed by atoms with Crippen LogP contribution in [-0.4, -0.2) is 20.6 Å². The van der Waals surface area contributed by atoms with Gasteiger partial charge in [0, 0.05) is 17.9 Å². The summed E-state index contributed by atoms with van der Waals surface area (Å²) in [6, 6.07) is 8.17. The molecule has 3 nitrogen and oxygen atoms in total. The average Bonchev–Trinajstić information content (AvgIpc) is 2.76. The van der Waals surface area contributed by atoms with Crippen molar-refractivity contribution >= 4 is 27.7 Å². The summed E-state index contributed by atoms with van der Waals surface area (Å²) in [7, 11) is 0. The normalized spacial score (nSPS) is 12.6. The molecule has 1 atom stereocenters. The second kappa shape index (κ2) is 7.47. The van der Waals surface area contributed by atoms with Gasteiger partial charge in [-0.15, -0.1) is 11.8 Å². The SMILES string of the molecule is CCSc1ccc(C(O)Cc2c(Br)c(C)nn2CC)cc1. The van der Waals surface area contributed by atoms with E-state index >= 15 is 0 Å². The van der Waals surface area contributed by atoms with Gasteiger partial charge in [-0.05, 0) is 53.2 Å². The quantitative estimate of drug-likeness (QED) is 0.769. The molecule has 0 aliphatic carbocycles. The van der Waals surface area contributed by atoms with E-state index in [2.05, 4.69) is 47.0 Å². The zero-order valence-electron chi connectivity index (χ0n) is 12.6. The largest absolute Gasteiger partial charge is 0.388 e. The molecular formula is C16H21BrN2OS. The lowest BCUT2D eigenvalue weighted by Crippen LogP contribution is -2.09. The Labute approximate surface area is 138 Å². The molecule has 1 heterocycles. The van der Waals surface area contributed by atoms with E-state index < -0.39 is 6.10 Å². The van der Waals surface area contributed by atoms with E-state index in [1.54, 1.807) is 0 Å². The van der Waals surface area contributed by atoms with E-state index in [-0.39, 0.29) is 0 Å². The predicted octanol–water partition coefficient (Wildman–Crippen LogP) is 4.36. The lowest BCUT2D eigenvalue weighted by atomic mass is 10.0. The molecule has 2 rings (SSSR count). The minimum atomic E-state index is -0.511. The summed E-state index contributed by atoms with van der Waals surface area (Å²) >= 11 is 5.39. The van der Waals surface area contributed by atoms with Crippen molar-refractivity contribution in [2.24, 2.45) is 0 Å². The first kappa shape index (κ1) is 16.6. The molecule has 21 heavy (non-hydrogen) atoms. The maximum Gasteiger partial charge on any atom is 0.0845 e. The van der Waals surface area contributed by atoms with Crippen LogP contribution in [0.1, 0.15) is 36.9 Å². The summed E-state index contributed by atoms with van der Waals surface area (Å²) in [6.07, 6.45) is 0.0542. The van der Waals surface area contributed by atoms with Crippen LogP contribution in [0.4, 0.5) is 0 Å². The van der Waals surface area contributed by atoms with Crippen LogP contribution in [-0.2, 0) is 13.0 Å². The van der Waals surface area contributed by atoms with E-state index in [4.69, 9.17) is 0 Å². The van der Waals surface area contributed by atoms with Crippen LogP contribution in [0.15, 0.2) is 33.6 Å². The summed E-state index contributed by atoms with van der Waals surface area (Å²) in [6.45, 7) is 6.98. The van der Waals surface area contributed by atoms with Crippen molar-refractivity contribution < 1.29 is 5.11 Å². The van der Waals surface area contributed by atoms with Crippen LogP contribution >= 0.6 is 27.7 Å². The van der Waals surface area contributed by atoms with Gasteiger partial charge in [-0.1, -0.05) is 19.1 Å². The van der Waals surface area contributed by atoms with Crippen LogP contribution in [0.25, 0.3) is 0 Å². The third kappa shape index (κ3) is 3.90. The Morgan fingerprint density at radius 3 is 2.52 bits per heavy atom. The van der Waals surface area contributed by atoms with Crippen molar-refractivity contribution in [2.45, 2.75) is 44.7 Å². The first-order valence-corrected chi connectivity index (χ1v) is 8.97. The second-order valence-electron chi connectivity index (χ2n) is 4.88. The lowest BCUT2D eigenvalue weighted by Gasteiger charge is -2.13. The van der Waals surface area contributed by atoms with Crippen LogP contribution in [0.3, 0.4) is 0 Å². The van der Waals surface area contributed by atoms with Crippen molar-refractivity contribution in [3.63, 3.8) is 0 Å². The molecule has 0 bridgehead atoms. The lowest BCUT2D eigenvalue weighted by molar-refractivity contribution is 0.175. The summed E-state index contributed by atoms with van der Waals surface area (Å²) in [5.74, 6) is 1.06. The number of thioether (sulfide) groups is 1. The summed E-state index contributed by atoms with van der Waals surface area (Å²) in [5.41, 5.74) is 2.96. The fourth-order valence-corrected chi connectivity index (χ4v) is 3.43. The molecule has 5 heteroatoms. The summed E-state index contributed by atoms with van der Waals surface area (Å²) in [4.78, 5) is 1.24. The van der Waals surface area contributed by atoms with Gasteiger partial charge in [-0.25, -0.2) is 0 Å². The highest BCUT2D eigenvalue weighted by molar-refractivity contribution is 9.10. The van der Waals surface area contributed by atoms with E-state index in [0.29, 0.717) is 6.42 Å². The van der Waals surface area contributed by atoms with Gasteiger partial charge in [-0.2, -0.15) is 5.10 Å². The number of aryl methyl sites for hydroxylation is 2. The topological polar surface area (TPSA) is 38.1 Å². The molecule has 0 fully saturated rings. The molecule has 1 aromatic heterocycles. The van der Waals surface area contributed by atoms with Crippen LogP contribution in [0, 0.1) is 6.92 Å². The molecule has 0 saturated heterocycles. The van der Waals surface area contributed by atoms with E-state index in [1.165, 1.54) is 4.90 Å². The first-order chi connectivity index (χ1) is 10.1. The molecule has 1 N–H and O–H groups in total. The third-order valence-electron chi connectivity index (χ3n) is 3.42. The second-order valence-corrected chi connectivity index (χ2v) is 7.01. The Bertz CT molecular complexity index is 595. The standard InChI is InChI=1S/C16H21BrN2OS/c1-4-19-14(16(17)11(3)18-19)10-15(20)12-6-8-13(9-7-12)21-5-2/h6-9,15,20H,4-5,10H2,1-3H3. The monoisotopic (exact) mass is 368 g/mol. The predicted molar refractivity (Wildman–Crippen MR) is 91.8 cm³/mol. The van der Waals surface area contributed by atoms with Crippen LogP contribution in [0.2, 0.25) is 0 Å². The molecule has 0 amide bonds. The maximum absolute atomic E-state index is 10.5. The average molecular weight is 369 g/mol. The first-order valence-electron chi connectivity index (χ1n) is 7.19. The molecule has 0 saturated carbocycles. The highest BCUT2D eigenvalue weighted by atomic mass is 79.9. The fourth-order valence-electron chi connectivity index (χ4n) is 2.32. The van der Waals surface area contributed by atoms with Gasteiger partial charge in [0.25, 0.3) is 0 Å². The Morgan fingerprint density at radius 2 is 1.95 bits per heavy atom. The molecule has 1 unspecified atom stereocenters. The molecule has 2 aromatic rings. The molecule has 0 aliphatic heterocycles. The van der Waals surface area contributed by atoms with Crippen LogP contribution in [0.5, 0.6) is 0 Å². The van der Waals surface area contributed by atoms with Crippen molar-refractivity contribution in [3.8, 4) is 0 Å². The Morgan fingerprint density at radius 1 is 1.29 bits per heavy atom. The molecule has 0 radical (unpaired) electrons. The number of nitrogens with zero attached hydrogens (tertiary/aromatic N) is 2. The van der Waals surface area contributed by atoms with Gasteiger partial charge < -0.3 is 5.11 Å².